The molecule has 0 saturated heterocycles. The number of carbonyl (C=O) groups is 1. The summed E-state index contributed by atoms with van der Waals surface area (Å²) < 4.78 is 33.2. The maximum absolute atomic E-state index is 13.4. The zero-order chi connectivity index (χ0) is 21.7. The summed E-state index contributed by atoms with van der Waals surface area (Å²) in [5, 5.41) is 3.04. The first-order valence-electron chi connectivity index (χ1n) is 9.09. The number of para-hydroxylation sites is 1. The molecule has 8 heteroatoms. The van der Waals surface area contributed by atoms with Crippen molar-refractivity contribution in [1.29, 1.82) is 0 Å². The number of carbonyl (C=O) groups excluding carboxylic acids is 1. The van der Waals surface area contributed by atoms with E-state index < -0.39 is 22.5 Å². The van der Waals surface area contributed by atoms with Gasteiger partial charge < -0.3 is 10.1 Å². The topological polar surface area (TPSA) is 75.7 Å². The van der Waals surface area contributed by atoms with Crippen molar-refractivity contribution in [2.75, 3.05) is 23.3 Å². The summed E-state index contributed by atoms with van der Waals surface area (Å²) in [6.07, 6.45) is 0. The Morgan fingerprint density at radius 3 is 2.37 bits per heavy atom. The van der Waals surface area contributed by atoms with Crippen molar-refractivity contribution in [2.24, 2.45) is 0 Å². The molecule has 0 fully saturated rings. The molecule has 0 heterocycles. The third-order valence-electron chi connectivity index (χ3n) is 4.45. The molecule has 3 aromatic rings. The average Bonchev–Trinajstić information content (AvgIpc) is 2.75. The highest BCUT2D eigenvalue weighted by atomic mass is 35.5. The van der Waals surface area contributed by atoms with Crippen LogP contribution in [0.15, 0.2) is 77.7 Å². The van der Waals surface area contributed by atoms with Crippen LogP contribution in [0.5, 0.6) is 5.75 Å². The minimum atomic E-state index is -4.02. The molecule has 0 saturated carbocycles. The first-order valence-corrected chi connectivity index (χ1v) is 10.9. The van der Waals surface area contributed by atoms with E-state index >= 15 is 0 Å². The average molecular weight is 445 g/mol. The van der Waals surface area contributed by atoms with Crippen LogP contribution in [0.25, 0.3) is 0 Å². The van der Waals surface area contributed by atoms with Gasteiger partial charge in [0, 0.05) is 6.07 Å². The van der Waals surface area contributed by atoms with Crippen molar-refractivity contribution in [1.82, 2.24) is 0 Å². The molecule has 1 N–H and O–H groups in total. The number of halogens is 1. The summed E-state index contributed by atoms with van der Waals surface area (Å²) in [5.74, 6) is -0.0415. The maximum atomic E-state index is 13.4. The minimum absolute atomic E-state index is 0.0813. The van der Waals surface area contributed by atoms with Crippen LogP contribution in [-0.4, -0.2) is 28.0 Å². The lowest BCUT2D eigenvalue weighted by Crippen LogP contribution is -2.38. The summed E-state index contributed by atoms with van der Waals surface area (Å²) in [7, 11) is -2.52. The molecule has 156 valence electrons. The number of ether oxygens (including phenoxy) is 1. The largest absolute Gasteiger partial charge is 0.497 e. The fourth-order valence-corrected chi connectivity index (χ4v) is 4.57. The van der Waals surface area contributed by atoms with Crippen LogP contribution in [0.1, 0.15) is 5.56 Å². The van der Waals surface area contributed by atoms with E-state index in [1.807, 2.05) is 0 Å². The number of aryl methyl sites for hydroxylation is 1. The van der Waals surface area contributed by atoms with Gasteiger partial charge in [-0.05, 0) is 42.8 Å². The molecule has 0 aliphatic rings. The lowest BCUT2D eigenvalue weighted by Gasteiger charge is -2.26. The number of methoxy groups -OCH3 is 1. The predicted molar refractivity (Wildman–Crippen MR) is 119 cm³/mol. The fraction of sp³-hybridized carbons (Fsp3) is 0.136. The number of nitrogens with one attached hydrogen (secondary N) is 1. The Kier molecular flexibility index (Phi) is 6.64. The smallest absolute Gasteiger partial charge is 0.264 e. The highest BCUT2D eigenvalue weighted by Gasteiger charge is 2.28. The number of amides is 1. The molecule has 6 nitrogen and oxygen atoms in total. The number of hydrogen-bond donors (Lipinski definition) is 1. The van der Waals surface area contributed by atoms with Crippen molar-refractivity contribution in [3.05, 3.63) is 83.4 Å². The summed E-state index contributed by atoms with van der Waals surface area (Å²) >= 11 is 6.11. The molecule has 0 spiro atoms. The van der Waals surface area contributed by atoms with Crippen molar-refractivity contribution in [2.45, 2.75) is 11.8 Å². The number of nitrogens with zero attached hydrogens (tertiary/aromatic N) is 1. The van der Waals surface area contributed by atoms with Crippen LogP contribution >= 0.6 is 11.6 Å². The van der Waals surface area contributed by atoms with E-state index in [9.17, 15) is 13.2 Å². The number of rotatable bonds is 7. The van der Waals surface area contributed by atoms with Gasteiger partial charge in [-0.15, -0.1) is 0 Å². The van der Waals surface area contributed by atoms with E-state index in [0.717, 1.165) is 4.31 Å². The van der Waals surface area contributed by atoms with Gasteiger partial charge in [-0.3, -0.25) is 9.10 Å². The van der Waals surface area contributed by atoms with Crippen molar-refractivity contribution in [3.63, 3.8) is 0 Å². The molecule has 30 heavy (non-hydrogen) atoms. The Hall–Kier alpha value is -3.03. The quantitative estimate of drug-likeness (QED) is 0.582. The summed E-state index contributed by atoms with van der Waals surface area (Å²) in [6.45, 7) is 1.34. The number of sulfonamides is 1. The summed E-state index contributed by atoms with van der Waals surface area (Å²) in [4.78, 5) is 12.9. The number of hydrogen-bond acceptors (Lipinski definition) is 4. The van der Waals surface area contributed by atoms with Gasteiger partial charge in [0.25, 0.3) is 10.0 Å². The maximum Gasteiger partial charge on any atom is 0.264 e. The van der Waals surface area contributed by atoms with Crippen LogP contribution < -0.4 is 14.4 Å². The van der Waals surface area contributed by atoms with Gasteiger partial charge in [0.15, 0.2) is 0 Å². The van der Waals surface area contributed by atoms with E-state index in [0.29, 0.717) is 27.7 Å². The van der Waals surface area contributed by atoms with Crippen molar-refractivity contribution < 1.29 is 17.9 Å². The second-order valence-electron chi connectivity index (χ2n) is 6.51. The molecule has 0 aromatic heterocycles. The Morgan fingerprint density at radius 2 is 1.70 bits per heavy atom. The van der Waals surface area contributed by atoms with E-state index in [1.165, 1.54) is 19.2 Å². The van der Waals surface area contributed by atoms with Crippen LogP contribution in [0.4, 0.5) is 11.4 Å². The molecule has 0 radical (unpaired) electrons. The molecule has 0 aliphatic heterocycles. The predicted octanol–water partition coefficient (Wildman–Crippen LogP) is 4.49. The second kappa shape index (κ2) is 9.19. The van der Waals surface area contributed by atoms with Gasteiger partial charge >= 0.3 is 0 Å². The Morgan fingerprint density at radius 1 is 1.03 bits per heavy atom. The van der Waals surface area contributed by atoms with Gasteiger partial charge in [0.05, 0.1) is 28.4 Å². The SMILES string of the molecule is COc1ccc(C)c(N(CC(=O)Nc2ccccc2Cl)S(=O)(=O)c2ccccc2)c1. The van der Waals surface area contributed by atoms with Gasteiger partial charge in [0.2, 0.25) is 5.91 Å². The molecule has 0 bridgehead atoms. The normalized spacial score (nSPS) is 11.0. The van der Waals surface area contributed by atoms with Gasteiger partial charge in [-0.1, -0.05) is 48.0 Å². The van der Waals surface area contributed by atoms with Crippen LogP contribution in [0.3, 0.4) is 0 Å². The highest BCUT2D eigenvalue weighted by molar-refractivity contribution is 7.92. The summed E-state index contributed by atoms with van der Waals surface area (Å²) in [6, 6.07) is 19.8. The fourth-order valence-electron chi connectivity index (χ4n) is 2.89. The van der Waals surface area contributed by atoms with Gasteiger partial charge in [0.1, 0.15) is 12.3 Å². The molecule has 3 rings (SSSR count). The van der Waals surface area contributed by atoms with E-state index in [2.05, 4.69) is 5.32 Å². The zero-order valence-electron chi connectivity index (χ0n) is 16.5. The Bertz CT molecular complexity index is 1150. The Balaban J connectivity index is 2.02. The molecule has 0 unspecified atom stereocenters. The van der Waals surface area contributed by atoms with Crippen LogP contribution in [0, 0.1) is 6.92 Å². The van der Waals surface area contributed by atoms with Gasteiger partial charge in [-0.25, -0.2) is 8.42 Å². The monoisotopic (exact) mass is 444 g/mol. The van der Waals surface area contributed by atoms with Crippen LogP contribution in [-0.2, 0) is 14.8 Å². The first kappa shape index (κ1) is 21.7. The molecule has 3 aromatic carbocycles. The zero-order valence-corrected chi connectivity index (χ0v) is 18.1. The van der Waals surface area contributed by atoms with E-state index in [4.69, 9.17) is 16.3 Å². The second-order valence-corrected chi connectivity index (χ2v) is 8.77. The highest BCUT2D eigenvalue weighted by Crippen LogP contribution is 2.30. The number of anilines is 2. The lowest BCUT2D eigenvalue weighted by atomic mass is 10.2. The lowest BCUT2D eigenvalue weighted by molar-refractivity contribution is -0.114. The van der Waals surface area contributed by atoms with Crippen molar-refractivity contribution in [3.8, 4) is 5.75 Å². The third-order valence-corrected chi connectivity index (χ3v) is 6.55. The Labute approximate surface area is 181 Å². The third kappa shape index (κ3) is 4.75. The number of benzene rings is 3. The van der Waals surface area contributed by atoms with Gasteiger partial charge in [-0.2, -0.15) is 0 Å². The molecule has 1 amide bonds. The van der Waals surface area contributed by atoms with E-state index in [-0.39, 0.29) is 4.90 Å². The molecule has 0 aliphatic carbocycles. The standard InChI is InChI=1S/C22H21ClN2O4S/c1-16-12-13-17(29-2)14-21(16)25(30(27,28)18-8-4-3-5-9-18)15-22(26)24-20-11-7-6-10-19(20)23/h3-14H,15H2,1-2H3,(H,24,26). The van der Waals surface area contributed by atoms with Crippen LogP contribution in [0.2, 0.25) is 5.02 Å². The first-order chi connectivity index (χ1) is 14.3. The molecular formula is C22H21ClN2O4S. The van der Waals surface area contributed by atoms with Crippen molar-refractivity contribution >= 4 is 38.9 Å². The van der Waals surface area contributed by atoms with E-state index in [1.54, 1.807) is 67.6 Å². The molecular weight excluding hydrogens is 424 g/mol. The summed E-state index contributed by atoms with van der Waals surface area (Å²) in [5.41, 5.74) is 1.44. The minimum Gasteiger partial charge on any atom is -0.497 e. The molecule has 0 atom stereocenters.